The van der Waals surface area contributed by atoms with Crippen molar-refractivity contribution in [1.29, 1.82) is 0 Å². The molecule has 6 nitrogen and oxygen atoms in total. The molecule has 23 heavy (non-hydrogen) atoms. The minimum atomic E-state index is -4.81. The largest absolute Gasteiger partial charge is 0.573 e. The summed E-state index contributed by atoms with van der Waals surface area (Å²) < 4.78 is 44.8. The molecule has 2 N–H and O–H groups in total. The first kappa shape index (κ1) is 18.8. The van der Waals surface area contributed by atoms with Crippen LogP contribution in [-0.2, 0) is 14.3 Å². The number of carboxylic acid groups (broad SMARTS) is 1. The van der Waals surface area contributed by atoms with E-state index in [1.807, 2.05) is 0 Å². The van der Waals surface area contributed by atoms with Crippen molar-refractivity contribution in [3.05, 3.63) is 29.8 Å². The zero-order valence-corrected chi connectivity index (χ0v) is 12.2. The topological polar surface area (TPSA) is 84.9 Å². The van der Waals surface area contributed by atoms with Crippen LogP contribution in [0, 0.1) is 0 Å². The van der Waals surface area contributed by atoms with Gasteiger partial charge in [0.2, 0.25) is 5.91 Å². The number of nitrogens with one attached hydrogen (secondary N) is 1. The second-order valence-corrected chi connectivity index (χ2v) is 4.58. The summed E-state index contributed by atoms with van der Waals surface area (Å²) in [7, 11) is 1.42. The zero-order valence-electron chi connectivity index (χ0n) is 12.2. The molecule has 0 aromatic heterocycles. The minimum absolute atomic E-state index is 0.0435. The Morgan fingerprint density at radius 3 is 2.35 bits per heavy atom. The summed E-state index contributed by atoms with van der Waals surface area (Å²) in [4.78, 5) is 22.5. The van der Waals surface area contributed by atoms with Crippen molar-refractivity contribution in [2.45, 2.75) is 25.2 Å². The van der Waals surface area contributed by atoms with E-state index in [4.69, 9.17) is 9.84 Å². The van der Waals surface area contributed by atoms with Gasteiger partial charge in [-0.25, -0.2) is 0 Å². The van der Waals surface area contributed by atoms with Gasteiger partial charge < -0.3 is 19.9 Å². The first-order chi connectivity index (χ1) is 10.7. The maximum Gasteiger partial charge on any atom is 0.573 e. The molecule has 1 unspecified atom stereocenters. The molecule has 0 aliphatic rings. The van der Waals surface area contributed by atoms with Gasteiger partial charge in [0.1, 0.15) is 5.75 Å². The molecule has 0 spiro atoms. The fourth-order valence-electron chi connectivity index (χ4n) is 1.79. The molecular formula is C14H16F3NO5. The van der Waals surface area contributed by atoms with E-state index in [0.29, 0.717) is 5.56 Å². The Bertz CT molecular complexity index is 530. The summed E-state index contributed by atoms with van der Waals surface area (Å²) in [5.41, 5.74) is 0.354. The predicted molar refractivity (Wildman–Crippen MR) is 72.8 cm³/mol. The highest BCUT2D eigenvalue weighted by molar-refractivity contribution is 5.77. The normalized spacial score (nSPS) is 12.5. The van der Waals surface area contributed by atoms with E-state index in [1.165, 1.54) is 19.2 Å². The number of carboxylic acids is 1. The van der Waals surface area contributed by atoms with Gasteiger partial charge in [0.05, 0.1) is 19.1 Å². The highest BCUT2D eigenvalue weighted by atomic mass is 19.4. The highest BCUT2D eigenvalue weighted by Gasteiger charge is 2.31. The molecule has 1 atom stereocenters. The van der Waals surface area contributed by atoms with Crippen LogP contribution in [-0.4, -0.2) is 37.1 Å². The van der Waals surface area contributed by atoms with E-state index in [9.17, 15) is 22.8 Å². The maximum absolute atomic E-state index is 12.1. The van der Waals surface area contributed by atoms with Crippen molar-refractivity contribution < 1.29 is 37.3 Å². The van der Waals surface area contributed by atoms with Crippen molar-refractivity contribution in [2.24, 2.45) is 0 Å². The fraction of sp³-hybridized carbons (Fsp3) is 0.429. The highest BCUT2D eigenvalue weighted by Crippen LogP contribution is 2.25. The summed E-state index contributed by atoms with van der Waals surface area (Å²) in [6.45, 7) is 0.171. The van der Waals surface area contributed by atoms with Gasteiger partial charge in [-0.1, -0.05) is 12.1 Å². The first-order valence-electron chi connectivity index (χ1n) is 6.57. The van der Waals surface area contributed by atoms with Crippen molar-refractivity contribution in [3.8, 4) is 5.75 Å². The number of benzene rings is 1. The zero-order chi connectivity index (χ0) is 17.5. The lowest BCUT2D eigenvalue weighted by molar-refractivity contribution is -0.274. The molecule has 0 heterocycles. The third-order valence-corrected chi connectivity index (χ3v) is 2.76. The third-order valence-electron chi connectivity index (χ3n) is 2.76. The van der Waals surface area contributed by atoms with E-state index in [0.717, 1.165) is 12.1 Å². The Morgan fingerprint density at radius 1 is 1.26 bits per heavy atom. The average molecular weight is 335 g/mol. The lowest BCUT2D eigenvalue weighted by Crippen LogP contribution is -2.30. The second-order valence-electron chi connectivity index (χ2n) is 4.58. The number of ether oxygens (including phenoxy) is 2. The van der Waals surface area contributed by atoms with Crippen molar-refractivity contribution >= 4 is 11.9 Å². The number of carbonyl (C=O) groups is 2. The summed E-state index contributed by atoms with van der Waals surface area (Å²) in [5.74, 6) is -2.01. The van der Waals surface area contributed by atoms with Gasteiger partial charge in [0.25, 0.3) is 0 Å². The monoisotopic (exact) mass is 335 g/mol. The van der Waals surface area contributed by atoms with Gasteiger partial charge in [0, 0.05) is 13.5 Å². The van der Waals surface area contributed by atoms with Crippen LogP contribution < -0.4 is 10.1 Å². The predicted octanol–water partition coefficient (Wildman–Crippen LogP) is 2.25. The number of methoxy groups -OCH3 is 1. The van der Waals surface area contributed by atoms with E-state index in [-0.39, 0.29) is 13.0 Å². The Morgan fingerprint density at radius 2 is 1.87 bits per heavy atom. The number of hydrogen-bond acceptors (Lipinski definition) is 4. The molecule has 0 saturated heterocycles. The van der Waals surface area contributed by atoms with E-state index >= 15 is 0 Å². The second kappa shape index (κ2) is 8.37. The van der Waals surface area contributed by atoms with Crippen molar-refractivity contribution in [3.63, 3.8) is 0 Å². The molecule has 1 aromatic rings. The van der Waals surface area contributed by atoms with E-state index in [1.54, 1.807) is 0 Å². The maximum atomic E-state index is 12.1. The van der Waals surface area contributed by atoms with Crippen LogP contribution in [0.1, 0.15) is 24.4 Å². The molecular weight excluding hydrogens is 319 g/mol. The van der Waals surface area contributed by atoms with E-state index < -0.39 is 36.5 Å². The molecule has 1 rings (SSSR count). The minimum Gasteiger partial charge on any atom is -0.481 e. The summed E-state index contributed by atoms with van der Waals surface area (Å²) in [6.07, 6.45) is -5.17. The lowest BCUT2D eigenvalue weighted by atomic mass is 10.0. The number of hydrogen-bond donors (Lipinski definition) is 2. The Labute approximate surface area is 130 Å². The van der Waals surface area contributed by atoms with Gasteiger partial charge in [-0.15, -0.1) is 13.2 Å². The van der Waals surface area contributed by atoms with Crippen LogP contribution in [0.2, 0.25) is 0 Å². The third kappa shape index (κ3) is 7.50. The van der Waals surface area contributed by atoms with Crippen LogP contribution in [0.4, 0.5) is 13.2 Å². The van der Waals surface area contributed by atoms with Gasteiger partial charge in [-0.2, -0.15) is 0 Å². The fourth-order valence-corrected chi connectivity index (χ4v) is 1.79. The first-order valence-corrected chi connectivity index (χ1v) is 6.57. The average Bonchev–Trinajstić information content (AvgIpc) is 2.43. The van der Waals surface area contributed by atoms with Gasteiger partial charge in [-0.05, 0) is 17.7 Å². The molecule has 0 aliphatic carbocycles. The standard InChI is InChI=1S/C14H16F3NO5/c1-22-7-6-12(19)18-11(8-13(20)21)9-2-4-10(5-3-9)23-14(15,16)17/h2-5,11H,6-8H2,1H3,(H,18,19)(H,20,21). The number of alkyl halides is 3. The number of carbonyl (C=O) groups excluding carboxylic acids is 1. The number of aliphatic carboxylic acids is 1. The van der Waals surface area contributed by atoms with Crippen LogP contribution >= 0.6 is 0 Å². The molecule has 0 fully saturated rings. The van der Waals surface area contributed by atoms with E-state index in [2.05, 4.69) is 10.1 Å². The summed E-state index contributed by atoms with van der Waals surface area (Å²) in [6, 6.07) is 3.78. The molecule has 1 aromatic carbocycles. The van der Waals surface area contributed by atoms with Gasteiger partial charge >= 0.3 is 12.3 Å². The van der Waals surface area contributed by atoms with Crippen LogP contribution in [0.15, 0.2) is 24.3 Å². The van der Waals surface area contributed by atoms with Crippen molar-refractivity contribution in [1.82, 2.24) is 5.32 Å². The molecule has 0 saturated carbocycles. The Balaban J connectivity index is 2.81. The quantitative estimate of drug-likeness (QED) is 0.761. The Hall–Kier alpha value is -2.29. The number of rotatable bonds is 8. The molecule has 9 heteroatoms. The molecule has 0 radical (unpaired) electrons. The van der Waals surface area contributed by atoms with Gasteiger partial charge in [0.15, 0.2) is 0 Å². The summed E-state index contributed by atoms with van der Waals surface area (Å²) >= 11 is 0. The van der Waals surface area contributed by atoms with Crippen LogP contribution in [0.5, 0.6) is 5.75 Å². The van der Waals surface area contributed by atoms with Crippen LogP contribution in [0.25, 0.3) is 0 Å². The lowest BCUT2D eigenvalue weighted by Gasteiger charge is -2.18. The number of amides is 1. The SMILES string of the molecule is COCCC(=O)NC(CC(=O)O)c1ccc(OC(F)(F)F)cc1. The smallest absolute Gasteiger partial charge is 0.481 e. The molecule has 0 bridgehead atoms. The van der Waals surface area contributed by atoms with Crippen LogP contribution in [0.3, 0.4) is 0 Å². The summed E-state index contributed by atoms with van der Waals surface area (Å²) in [5, 5.41) is 11.4. The van der Waals surface area contributed by atoms with Crippen molar-refractivity contribution in [2.75, 3.05) is 13.7 Å². The Kier molecular flexibility index (Phi) is 6.83. The molecule has 0 aliphatic heterocycles. The molecule has 1 amide bonds. The molecule has 128 valence electrons. The van der Waals surface area contributed by atoms with Gasteiger partial charge in [-0.3, -0.25) is 9.59 Å². The number of halogens is 3.